The maximum Gasteiger partial charge on any atom is 0.0273 e. The largest absolute Gasteiger partial charge is 0.0984 e. The molecule has 0 aromatic heterocycles. The first-order valence-electron chi connectivity index (χ1n) is 6.25. The zero-order valence-corrected chi connectivity index (χ0v) is 11.4. The normalized spacial score (nSPS) is 10.5. The van der Waals surface area contributed by atoms with Gasteiger partial charge in [-0.25, -0.2) is 0 Å². The molecule has 0 amide bonds. The first-order chi connectivity index (χ1) is 9.38. The Morgan fingerprint density at radius 1 is 0.789 bits per heavy atom. The van der Waals surface area contributed by atoms with Crippen molar-refractivity contribution in [2.24, 2.45) is 0 Å². The zero-order chi connectivity index (χ0) is 13.1. The van der Waals surface area contributed by atoms with Crippen molar-refractivity contribution in [2.75, 3.05) is 0 Å². The summed E-state index contributed by atoms with van der Waals surface area (Å²) in [5.41, 5.74) is 1.19. The summed E-state index contributed by atoms with van der Waals surface area (Å²) < 4.78 is 0. The van der Waals surface area contributed by atoms with Crippen LogP contribution in [-0.2, 0) is 0 Å². The number of fused-ring (bicyclic) bond motifs is 1. The van der Waals surface area contributed by atoms with Crippen LogP contribution in [0.1, 0.15) is 5.56 Å². The molecule has 0 N–H and O–H groups in total. The molecule has 0 atom stereocenters. The van der Waals surface area contributed by atoms with Gasteiger partial charge in [0.25, 0.3) is 0 Å². The highest BCUT2D eigenvalue weighted by molar-refractivity contribution is 7.99. The molecular weight excluding hydrogens is 248 g/mol. The van der Waals surface area contributed by atoms with Gasteiger partial charge in [0.1, 0.15) is 0 Å². The van der Waals surface area contributed by atoms with Crippen LogP contribution in [0.2, 0.25) is 0 Å². The van der Waals surface area contributed by atoms with Crippen LogP contribution in [-0.4, -0.2) is 0 Å². The molecule has 0 aliphatic rings. The van der Waals surface area contributed by atoms with Crippen LogP contribution in [0.25, 0.3) is 16.8 Å². The summed E-state index contributed by atoms with van der Waals surface area (Å²) in [5, 5.41) is 2.56. The average molecular weight is 262 g/mol. The fraction of sp³-hybridized carbons (Fsp3) is 0. The summed E-state index contributed by atoms with van der Waals surface area (Å²) in [6, 6.07) is 23.2. The lowest BCUT2D eigenvalue weighted by molar-refractivity contribution is 1.42. The topological polar surface area (TPSA) is 0 Å². The third-order valence-corrected chi connectivity index (χ3v) is 4.26. The molecule has 0 saturated carbocycles. The summed E-state index contributed by atoms with van der Waals surface area (Å²) in [6.07, 6.45) is 1.93. The van der Waals surface area contributed by atoms with E-state index in [4.69, 9.17) is 0 Å². The van der Waals surface area contributed by atoms with Gasteiger partial charge >= 0.3 is 0 Å². The molecule has 3 rings (SSSR count). The van der Waals surface area contributed by atoms with E-state index in [1.807, 2.05) is 12.1 Å². The number of benzene rings is 3. The van der Waals surface area contributed by atoms with Crippen LogP contribution in [0, 0.1) is 0 Å². The van der Waals surface area contributed by atoms with Crippen molar-refractivity contribution >= 4 is 28.6 Å². The van der Waals surface area contributed by atoms with Crippen molar-refractivity contribution < 1.29 is 0 Å². The Kier molecular flexibility index (Phi) is 3.39. The predicted octanol–water partition coefficient (Wildman–Crippen LogP) is 5.63. The molecule has 0 heterocycles. The van der Waals surface area contributed by atoms with Crippen molar-refractivity contribution in [1.29, 1.82) is 0 Å². The first kappa shape index (κ1) is 12.1. The van der Waals surface area contributed by atoms with Crippen LogP contribution in [0.4, 0.5) is 0 Å². The molecule has 0 aliphatic carbocycles. The zero-order valence-electron chi connectivity index (χ0n) is 10.5. The van der Waals surface area contributed by atoms with Gasteiger partial charge in [-0.15, -0.1) is 0 Å². The van der Waals surface area contributed by atoms with Gasteiger partial charge in [0, 0.05) is 9.79 Å². The minimum Gasteiger partial charge on any atom is -0.0984 e. The summed E-state index contributed by atoms with van der Waals surface area (Å²) in [6.45, 7) is 3.93. The number of hydrogen-bond donors (Lipinski definition) is 0. The van der Waals surface area contributed by atoms with Gasteiger partial charge in [0.2, 0.25) is 0 Å². The molecule has 0 aliphatic heterocycles. The van der Waals surface area contributed by atoms with Crippen molar-refractivity contribution in [3.63, 3.8) is 0 Å². The second-order valence-corrected chi connectivity index (χ2v) is 5.41. The third-order valence-electron chi connectivity index (χ3n) is 3.09. The van der Waals surface area contributed by atoms with Gasteiger partial charge in [-0.2, -0.15) is 0 Å². The molecule has 19 heavy (non-hydrogen) atoms. The van der Waals surface area contributed by atoms with Gasteiger partial charge in [0.15, 0.2) is 0 Å². The summed E-state index contributed by atoms with van der Waals surface area (Å²) in [5.74, 6) is 0. The monoisotopic (exact) mass is 262 g/mol. The van der Waals surface area contributed by atoms with Crippen molar-refractivity contribution in [2.45, 2.75) is 9.79 Å². The van der Waals surface area contributed by atoms with Crippen molar-refractivity contribution in [3.8, 4) is 0 Å². The van der Waals surface area contributed by atoms with E-state index in [1.54, 1.807) is 11.8 Å². The highest BCUT2D eigenvalue weighted by atomic mass is 32.2. The third kappa shape index (κ3) is 2.42. The lowest BCUT2D eigenvalue weighted by Gasteiger charge is -2.10. The molecular formula is C18H14S. The molecule has 0 radical (unpaired) electrons. The van der Waals surface area contributed by atoms with Crippen LogP contribution in [0.15, 0.2) is 83.1 Å². The highest BCUT2D eigenvalue weighted by Gasteiger charge is 2.07. The number of rotatable bonds is 3. The van der Waals surface area contributed by atoms with Crippen LogP contribution in [0.3, 0.4) is 0 Å². The maximum atomic E-state index is 3.93. The molecule has 1 heteroatoms. The van der Waals surface area contributed by atoms with Crippen molar-refractivity contribution in [3.05, 3.63) is 78.9 Å². The van der Waals surface area contributed by atoms with Crippen LogP contribution in [0.5, 0.6) is 0 Å². The van der Waals surface area contributed by atoms with E-state index in [-0.39, 0.29) is 0 Å². The van der Waals surface area contributed by atoms with E-state index in [1.165, 1.54) is 26.1 Å². The summed E-state index contributed by atoms with van der Waals surface area (Å²) in [4.78, 5) is 2.53. The smallest absolute Gasteiger partial charge is 0.0273 e. The van der Waals surface area contributed by atoms with E-state index in [2.05, 4.69) is 67.2 Å². The lowest BCUT2D eigenvalue weighted by Crippen LogP contribution is -1.83. The fourth-order valence-electron chi connectivity index (χ4n) is 2.14. The molecule has 3 aromatic carbocycles. The average Bonchev–Trinajstić information content (AvgIpc) is 2.49. The molecule has 0 saturated heterocycles. The molecule has 0 fully saturated rings. The van der Waals surface area contributed by atoms with Gasteiger partial charge < -0.3 is 0 Å². The predicted molar refractivity (Wildman–Crippen MR) is 84.6 cm³/mol. The fourth-order valence-corrected chi connectivity index (χ4v) is 3.23. The molecule has 0 unspecified atom stereocenters. The Balaban J connectivity index is 2.17. The second kappa shape index (κ2) is 5.33. The molecule has 0 bridgehead atoms. The first-order valence-corrected chi connectivity index (χ1v) is 7.07. The standard InChI is InChI=1S/C18H14S/c1-2-14-12-13-15-8-6-7-11-17(15)18(14)19-16-9-4-3-5-10-16/h2-13H,1H2. The van der Waals surface area contributed by atoms with Crippen LogP contribution >= 0.6 is 11.8 Å². The summed E-state index contributed by atoms with van der Waals surface area (Å²) >= 11 is 1.80. The Bertz CT molecular complexity index is 714. The maximum absolute atomic E-state index is 3.93. The van der Waals surface area contributed by atoms with Gasteiger partial charge in [-0.05, 0) is 28.5 Å². The molecule has 0 nitrogen and oxygen atoms in total. The van der Waals surface area contributed by atoms with E-state index in [9.17, 15) is 0 Å². The van der Waals surface area contributed by atoms with Gasteiger partial charge in [0.05, 0.1) is 0 Å². The van der Waals surface area contributed by atoms with E-state index < -0.39 is 0 Å². The minimum absolute atomic E-state index is 1.19. The minimum atomic E-state index is 1.19. The SMILES string of the molecule is C=Cc1ccc2ccccc2c1Sc1ccccc1. The molecule has 3 aromatic rings. The Morgan fingerprint density at radius 2 is 1.53 bits per heavy atom. The van der Waals surface area contributed by atoms with Crippen LogP contribution < -0.4 is 0 Å². The van der Waals surface area contributed by atoms with E-state index in [0.717, 1.165) is 0 Å². The lowest BCUT2D eigenvalue weighted by atomic mass is 10.1. The summed E-state index contributed by atoms with van der Waals surface area (Å²) in [7, 11) is 0. The Labute approximate surface area is 117 Å². The van der Waals surface area contributed by atoms with Gasteiger partial charge in [-0.1, -0.05) is 79.0 Å². The molecule has 92 valence electrons. The molecule has 0 spiro atoms. The number of hydrogen-bond acceptors (Lipinski definition) is 1. The Morgan fingerprint density at radius 3 is 2.32 bits per heavy atom. The van der Waals surface area contributed by atoms with E-state index >= 15 is 0 Å². The highest BCUT2D eigenvalue weighted by Crippen LogP contribution is 2.36. The second-order valence-electron chi connectivity index (χ2n) is 4.32. The quantitative estimate of drug-likeness (QED) is 0.589. The van der Waals surface area contributed by atoms with Gasteiger partial charge in [-0.3, -0.25) is 0 Å². The Hall–Kier alpha value is -1.99. The van der Waals surface area contributed by atoms with Crippen molar-refractivity contribution in [1.82, 2.24) is 0 Å². The van der Waals surface area contributed by atoms with E-state index in [0.29, 0.717) is 0 Å².